The first kappa shape index (κ1) is 18.1. The summed E-state index contributed by atoms with van der Waals surface area (Å²) in [6, 6.07) is 8.28. The van der Waals surface area contributed by atoms with Crippen LogP contribution in [0.25, 0.3) is 5.57 Å². The van der Waals surface area contributed by atoms with Crippen molar-refractivity contribution in [2.45, 2.75) is 0 Å². The van der Waals surface area contributed by atoms with Crippen LogP contribution >= 0.6 is 12.2 Å². The number of nitrogens with zero attached hydrogens (tertiary/aromatic N) is 1. The quantitative estimate of drug-likeness (QED) is 0.479. The van der Waals surface area contributed by atoms with Crippen molar-refractivity contribution in [3.8, 4) is 11.6 Å². The molecule has 0 bridgehead atoms. The summed E-state index contributed by atoms with van der Waals surface area (Å²) in [6.45, 7) is 0. The van der Waals surface area contributed by atoms with Crippen LogP contribution in [0.5, 0.6) is 11.6 Å². The van der Waals surface area contributed by atoms with Gasteiger partial charge in [0.2, 0.25) is 5.88 Å². The third kappa shape index (κ3) is 4.88. The van der Waals surface area contributed by atoms with Crippen molar-refractivity contribution in [3.05, 3.63) is 53.1 Å². The molecule has 8 nitrogen and oxygen atoms in total. The predicted octanol–water partition coefficient (Wildman–Crippen LogP) is 2.80. The monoisotopic (exact) mass is 361 g/mol. The maximum Gasteiger partial charge on any atom is 0.413 e. The Kier molecular flexibility index (Phi) is 6.24. The van der Waals surface area contributed by atoms with Gasteiger partial charge in [0, 0.05) is 11.6 Å². The van der Waals surface area contributed by atoms with Gasteiger partial charge in [0.05, 0.1) is 32.4 Å². The number of alkyl carbamates (subject to hydrolysis) is 1. The molecule has 0 aliphatic carbocycles. The van der Waals surface area contributed by atoms with E-state index in [0.29, 0.717) is 21.8 Å². The van der Waals surface area contributed by atoms with Gasteiger partial charge in [-0.25, -0.2) is 9.78 Å². The third-order valence-electron chi connectivity index (χ3n) is 2.93. The summed E-state index contributed by atoms with van der Waals surface area (Å²) in [5.74, 6) is -0.00678. The summed E-state index contributed by atoms with van der Waals surface area (Å²) < 4.78 is 15.5. The number of H-pyrrole nitrogens is 1. The summed E-state index contributed by atoms with van der Waals surface area (Å²) in [7, 11) is 2.54. The number of rotatable bonds is 5. The maximum atomic E-state index is 12.3. The number of benzene rings is 1. The molecule has 25 heavy (non-hydrogen) atoms. The molecule has 2 N–H and O–H groups in total. The molecule has 0 unspecified atom stereocenters. The van der Waals surface area contributed by atoms with E-state index in [9.17, 15) is 9.59 Å². The predicted molar refractivity (Wildman–Crippen MR) is 91.5 cm³/mol. The topological polar surface area (TPSA) is 103 Å². The van der Waals surface area contributed by atoms with Crippen LogP contribution in [0.3, 0.4) is 0 Å². The van der Waals surface area contributed by atoms with Crippen LogP contribution in [0.1, 0.15) is 5.56 Å². The number of hydrogen-bond donors (Lipinski definition) is 2. The third-order valence-corrected chi connectivity index (χ3v) is 3.15. The second-order valence-electron chi connectivity index (χ2n) is 4.56. The van der Waals surface area contributed by atoms with Gasteiger partial charge in [-0.2, -0.15) is 0 Å². The molecule has 1 aromatic heterocycles. The standard InChI is InChI=1S/C16H15N3O5S/c1-22-8-11(15(20)19-16(21)23-2)10-5-3-4-6-12(10)24-13-7-14(25)18-9-17-13/h3-9H,1-2H3,(H,17,18,25)(H,19,20,21)/b11-8+. The van der Waals surface area contributed by atoms with Crippen molar-refractivity contribution in [1.82, 2.24) is 15.3 Å². The minimum absolute atomic E-state index is 0.0798. The molecule has 130 valence electrons. The molecule has 2 aromatic rings. The Labute approximate surface area is 148 Å². The molecule has 0 spiro atoms. The molecule has 1 heterocycles. The molecule has 0 aliphatic rings. The van der Waals surface area contributed by atoms with Crippen LogP contribution in [0.15, 0.2) is 42.9 Å². The van der Waals surface area contributed by atoms with E-state index in [0.717, 1.165) is 7.11 Å². The Morgan fingerprint density at radius 1 is 1.28 bits per heavy atom. The maximum absolute atomic E-state index is 12.3. The lowest BCUT2D eigenvalue weighted by Crippen LogP contribution is -2.31. The molecule has 0 atom stereocenters. The van der Waals surface area contributed by atoms with E-state index < -0.39 is 12.0 Å². The van der Waals surface area contributed by atoms with Gasteiger partial charge in [0.15, 0.2) is 0 Å². The smallest absolute Gasteiger partial charge is 0.413 e. The zero-order chi connectivity index (χ0) is 18.2. The lowest BCUT2D eigenvalue weighted by Gasteiger charge is -2.13. The van der Waals surface area contributed by atoms with Crippen LogP contribution in [0.4, 0.5) is 4.79 Å². The highest BCUT2D eigenvalue weighted by Crippen LogP contribution is 2.29. The Morgan fingerprint density at radius 2 is 2.04 bits per heavy atom. The molecule has 9 heteroatoms. The number of aromatic amines is 1. The number of carbonyl (C=O) groups excluding carboxylic acids is 2. The molecular weight excluding hydrogens is 346 g/mol. The van der Waals surface area contributed by atoms with Gasteiger partial charge in [-0.05, 0) is 6.07 Å². The Morgan fingerprint density at radius 3 is 2.72 bits per heavy atom. The van der Waals surface area contributed by atoms with Crippen molar-refractivity contribution in [1.29, 1.82) is 0 Å². The van der Waals surface area contributed by atoms with Gasteiger partial charge in [0.1, 0.15) is 10.4 Å². The zero-order valence-corrected chi connectivity index (χ0v) is 14.3. The lowest BCUT2D eigenvalue weighted by molar-refractivity contribution is -0.115. The number of ether oxygens (including phenoxy) is 3. The van der Waals surface area contributed by atoms with Crippen molar-refractivity contribution >= 4 is 29.8 Å². The summed E-state index contributed by atoms with van der Waals surface area (Å²) in [6.07, 6.45) is 1.72. The average Bonchev–Trinajstić information content (AvgIpc) is 2.60. The molecular formula is C16H15N3O5S. The number of amides is 2. The van der Waals surface area contributed by atoms with Gasteiger partial charge in [-0.15, -0.1) is 0 Å². The summed E-state index contributed by atoms with van der Waals surface area (Å²) in [4.78, 5) is 30.3. The van der Waals surface area contributed by atoms with E-state index >= 15 is 0 Å². The first-order chi connectivity index (χ1) is 12.0. The Balaban J connectivity index is 2.39. The van der Waals surface area contributed by atoms with Crippen LogP contribution < -0.4 is 10.1 Å². The SMILES string of the molecule is CO/C=C(/C(=O)NC(=O)OC)c1ccccc1Oc1cc(=S)nc[nH]1. The first-order valence-corrected chi connectivity index (χ1v) is 7.40. The van der Waals surface area contributed by atoms with Crippen LogP contribution in [-0.2, 0) is 14.3 Å². The van der Waals surface area contributed by atoms with Crippen molar-refractivity contribution in [2.24, 2.45) is 0 Å². The highest BCUT2D eigenvalue weighted by molar-refractivity contribution is 7.71. The minimum atomic E-state index is -0.886. The lowest BCUT2D eigenvalue weighted by atomic mass is 10.1. The summed E-state index contributed by atoms with van der Waals surface area (Å²) in [5.41, 5.74) is 0.484. The summed E-state index contributed by atoms with van der Waals surface area (Å²) >= 11 is 4.99. The number of hydrogen-bond acceptors (Lipinski definition) is 7. The van der Waals surface area contributed by atoms with Crippen molar-refractivity contribution < 1.29 is 23.8 Å². The normalized spacial score (nSPS) is 10.7. The number of nitrogens with one attached hydrogen (secondary N) is 2. The van der Waals surface area contributed by atoms with Gasteiger partial charge < -0.3 is 19.2 Å². The molecule has 0 fully saturated rings. The minimum Gasteiger partial charge on any atom is -0.504 e. The zero-order valence-electron chi connectivity index (χ0n) is 13.4. The van der Waals surface area contributed by atoms with E-state index in [-0.39, 0.29) is 5.57 Å². The summed E-state index contributed by atoms with van der Waals surface area (Å²) in [5, 5.41) is 2.07. The number of methoxy groups -OCH3 is 2. The van der Waals surface area contributed by atoms with E-state index in [2.05, 4.69) is 20.0 Å². The Bertz CT molecular complexity index is 863. The fourth-order valence-electron chi connectivity index (χ4n) is 1.87. The highest BCUT2D eigenvalue weighted by Gasteiger charge is 2.19. The van der Waals surface area contributed by atoms with Gasteiger partial charge in [-0.1, -0.05) is 30.4 Å². The van der Waals surface area contributed by atoms with Gasteiger partial charge >= 0.3 is 6.09 Å². The molecule has 1 aromatic carbocycles. The molecule has 0 radical (unpaired) electrons. The second kappa shape index (κ2) is 8.60. The fraction of sp³-hybridized carbons (Fsp3) is 0.125. The van der Waals surface area contributed by atoms with Gasteiger partial charge in [0.25, 0.3) is 5.91 Å². The van der Waals surface area contributed by atoms with E-state index in [1.54, 1.807) is 24.3 Å². The number of imide groups is 1. The van der Waals surface area contributed by atoms with Gasteiger partial charge in [-0.3, -0.25) is 10.1 Å². The van der Waals surface area contributed by atoms with E-state index in [1.807, 2.05) is 0 Å². The molecule has 0 saturated heterocycles. The highest BCUT2D eigenvalue weighted by atomic mass is 32.1. The molecule has 0 saturated carbocycles. The first-order valence-electron chi connectivity index (χ1n) is 6.99. The number of para-hydroxylation sites is 1. The molecule has 0 aliphatic heterocycles. The molecule has 2 amide bonds. The number of aromatic nitrogens is 2. The number of carbonyl (C=O) groups is 2. The fourth-order valence-corrected chi connectivity index (χ4v) is 2.03. The van der Waals surface area contributed by atoms with Crippen molar-refractivity contribution in [3.63, 3.8) is 0 Å². The molecule has 2 rings (SSSR count). The average molecular weight is 361 g/mol. The second-order valence-corrected chi connectivity index (χ2v) is 4.98. The van der Waals surface area contributed by atoms with Crippen LogP contribution in [0.2, 0.25) is 0 Å². The van der Waals surface area contributed by atoms with Crippen LogP contribution in [0, 0.1) is 4.64 Å². The van der Waals surface area contributed by atoms with Crippen LogP contribution in [-0.4, -0.2) is 36.2 Å². The largest absolute Gasteiger partial charge is 0.504 e. The van der Waals surface area contributed by atoms with Crippen molar-refractivity contribution in [2.75, 3.05) is 14.2 Å². The van der Waals surface area contributed by atoms with E-state index in [1.165, 1.54) is 25.8 Å². The van der Waals surface area contributed by atoms with E-state index in [4.69, 9.17) is 21.7 Å². The Hall–Kier alpha value is -3.20.